The molecule has 0 saturated heterocycles. The quantitative estimate of drug-likeness (QED) is 0.135. The molecule has 7 heteroatoms. The highest BCUT2D eigenvalue weighted by molar-refractivity contribution is 6.99. The number of para-hydroxylation sites is 7. The van der Waals surface area contributed by atoms with Crippen LogP contribution in [0.15, 0.2) is 315 Å². The highest BCUT2D eigenvalue weighted by Gasteiger charge is 2.43. The molecule has 0 spiro atoms. The first-order valence-electron chi connectivity index (χ1n) is 29.9. The summed E-state index contributed by atoms with van der Waals surface area (Å²) in [7, 11) is 0. The Morgan fingerprint density at radius 1 is 0.276 bits per heavy atom. The summed E-state index contributed by atoms with van der Waals surface area (Å²) >= 11 is 0. The first-order chi connectivity index (χ1) is 43.2. The van der Waals surface area contributed by atoms with E-state index in [0.717, 1.165) is 118 Å². The molecule has 0 saturated carbocycles. The van der Waals surface area contributed by atoms with Crippen molar-refractivity contribution in [2.24, 2.45) is 0 Å². The van der Waals surface area contributed by atoms with Crippen molar-refractivity contribution in [2.45, 2.75) is 0 Å². The summed E-state index contributed by atoms with van der Waals surface area (Å²) in [5.41, 5.74) is 20.3. The van der Waals surface area contributed by atoms with Gasteiger partial charge in [-0.2, -0.15) is 0 Å². The molecule has 18 rings (SSSR count). The summed E-state index contributed by atoms with van der Waals surface area (Å²) in [6.45, 7) is -0.185. The Morgan fingerprint density at radius 3 is 1.16 bits per heavy atom. The zero-order valence-corrected chi connectivity index (χ0v) is 47.2. The van der Waals surface area contributed by atoms with Crippen LogP contribution in [0.2, 0.25) is 0 Å². The van der Waals surface area contributed by atoms with Gasteiger partial charge in [-0.05, 0) is 173 Å². The minimum absolute atomic E-state index is 0.185. The van der Waals surface area contributed by atoms with E-state index in [2.05, 4.69) is 339 Å². The van der Waals surface area contributed by atoms with E-state index in [4.69, 9.17) is 4.74 Å². The van der Waals surface area contributed by atoms with Gasteiger partial charge in [-0.1, -0.05) is 170 Å². The van der Waals surface area contributed by atoms with Gasteiger partial charge in [-0.25, -0.2) is 0 Å². The fraction of sp³-hybridized carbons (Fsp3) is 0. The monoisotopic (exact) mass is 1110 g/mol. The topological polar surface area (TPSA) is 28.8 Å². The summed E-state index contributed by atoms with van der Waals surface area (Å²) < 4.78 is 12.3. The van der Waals surface area contributed by atoms with Gasteiger partial charge in [0.1, 0.15) is 11.5 Å². The molecule has 2 aliphatic heterocycles. The average Bonchev–Trinajstić information content (AvgIpc) is 1.81. The van der Waals surface area contributed by atoms with Gasteiger partial charge in [0.15, 0.2) is 0 Å². The molecular formula is C80H52BN5O. The molecule has 0 amide bonds. The van der Waals surface area contributed by atoms with E-state index in [-0.39, 0.29) is 6.71 Å². The van der Waals surface area contributed by atoms with E-state index < -0.39 is 0 Å². The number of ether oxygens (including phenoxy) is 1. The molecule has 0 bridgehead atoms. The van der Waals surface area contributed by atoms with E-state index in [9.17, 15) is 0 Å². The van der Waals surface area contributed by atoms with Crippen molar-refractivity contribution in [1.82, 2.24) is 9.13 Å². The maximum Gasteiger partial charge on any atom is 0.256 e. The lowest BCUT2D eigenvalue weighted by Crippen LogP contribution is -2.59. The van der Waals surface area contributed by atoms with Gasteiger partial charge in [0.05, 0.1) is 22.1 Å². The predicted molar refractivity (Wildman–Crippen MR) is 365 cm³/mol. The third kappa shape index (κ3) is 7.62. The molecule has 87 heavy (non-hydrogen) atoms. The Balaban J connectivity index is 0.882. The third-order valence-corrected chi connectivity index (χ3v) is 18.0. The second-order valence-corrected chi connectivity index (χ2v) is 22.8. The Labute approximate surface area is 503 Å². The van der Waals surface area contributed by atoms with Crippen molar-refractivity contribution in [3.05, 3.63) is 315 Å². The third-order valence-electron chi connectivity index (χ3n) is 18.0. The molecular weight excluding hydrogens is 1060 g/mol. The second-order valence-electron chi connectivity index (χ2n) is 22.8. The molecule has 0 N–H and O–H groups in total. The van der Waals surface area contributed by atoms with E-state index in [0.29, 0.717) is 0 Å². The number of anilines is 9. The highest BCUT2D eigenvalue weighted by atomic mass is 16.5. The molecule has 16 aromatic rings. The van der Waals surface area contributed by atoms with E-state index in [1.807, 2.05) is 0 Å². The van der Waals surface area contributed by atoms with Crippen molar-refractivity contribution in [1.29, 1.82) is 0 Å². The van der Waals surface area contributed by atoms with Crippen molar-refractivity contribution in [3.63, 3.8) is 0 Å². The normalized spacial score (nSPS) is 12.4. The minimum Gasteiger partial charge on any atom is -0.458 e. The molecule has 2 aromatic heterocycles. The molecule has 14 aromatic carbocycles. The van der Waals surface area contributed by atoms with Gasteiger partial charge >= 0.3 is 0 Å². The first-order valence-corrected chi connectivity index (χ1v) is 29.9. The van der Waals surface area contributed by atoms with Crippen molar-refractivity contribution in [2.75, 3.05) is 14.7 Å². The van der Waals surface area contributed by atoms with Gasteiger partial charge in [0.2, 0.25) is 0 Å². The molecule has 0 aliphatic carbocycles. The number of rotatable bonds is 9. The predicted octanol–water partition coefficient (Wildman–Crippen LogP) is 19.5. The number of hydrogen-bond donors (Lipinski definition) is 0. The molecule has 2 aliphatic rings. The summed E-state index contributed by atoms with van der Waals surface area (Å²) in [6.07, 6.45) is 0. The lowest BCUT2D eigenvalue weighted by atomic mass is 9.34. The first kappa shape index (κ1) is 48.9. The van der Waals surface area contributed by atoms with Gasteiger partial charge in [-0.3, -0.25) is 0 Å². The van der Waals surface area contributed by atoms with E-state index in [1.54, 1.807) is 0 Å². The van der Waals surface area contributed by atoms with Crippen LogP contribution in [-0.4, -0.2) is 15.8 Å². The maximum atomic E-state index is 7.32. The largest absolute Gasteiger partial charge is 0.458 e. The van der Waals surface area contributed by atoms with E-state index >= 15 is 0 Å². The Hall–Kier alpha value is -11.5. The number of hydrogen-bond acceptors (Lipinski definition) is 4. The molecule has 4 heterocycles. The van der Waals surface area contributed by atoms with Crippen LogP contribution in [0.25, 0.3) is 76.5 Å². The maximum absolute atomic E-state index is 7.32. The molecule has 6 nitrogen and oxygen atoms in total. The van der Waals surface area contributed by atoms with Crippen LogP contribution in [0.1, 0.15) is 0 Å². The molecule has 0 unspecified atom stereocenters. The van der Waals surface area contributed by atoms with Crippen molar-refractivity contribution >= 4 is 139 Å². The fourth-order valence-electron chi connectivity index (χ4n) is 14.3. The lowest BCUT2D eigenvalue weighted by Gasteiger charge is -2.40. The summed E-state index contributed by atoms with van der Waals surface area (Å²) in [5.74, 6) is 1.73. The smallest absolute Gasteiger partial charge is 0.256 e. The van der Waals surface area contributed by atoms with Crippen molar-refractivity contribution in [3.8, 4) is 22.9 Å². The lowest BCUT2D eigenvalue weighted by molar-refractivity contribution is 0.488. The van der Waals surface area contributed by atoms with E-state index in [1.165, 1.54) is 37.9 Å². The summed E-state index contributed by atoms with van der Waals surface area (Å²) in [4.78, 5) is 7.15. The van der Waals surface area contributed by atoms with Crippen LogP contribution >= 0.6 is 0 Å². The van der Waals surface area contributed by atoms with Crippen LogP contribution in [0.3, 0.4) is 0 Å². The Morgan fingerprint density at radius 2 is 0.690 bits per heavy atom. The van der Waals surface area contributed by atoms with Gasteiger partial charge in [0.25, 0.3) is 6.71 Å². The van der Waals surface area contributed by atoms with Gasteiger partial charge in [-0.15, -0.1) is 0 Å². The highest BCUT2D eigenvalue weighted by Crippen LogP contribution is 2.48. The van der Waals surface area contributed by atoms with Crippen molar-refractivity contribution < 1.29 is 4.74 Å². The van der Waals surface area contributed by atoms with Crippen LogP contribution in [0, 0.1) is 0 Å². The zero-order chi connectivity index (χ0) is 57.1. The number of aromatic nitrogens is 2. The SMILES string of the molecule is c1ccc(N(c2ccccc2)c2ccc3c(ccc4c5cc6c(cc5n(-c5ccccc5)c34)B3c4cc5c(cc4N(c4ccccc4)c4cccc(c43)O6)c3ccc4cc(N(c6ccccc6)c6ccccc6)ccc4c3n5-c3ccccc3)c2)cc1. The zero-order valence-electron chi connectivity index (χ0n) is 47.2. The Kier molecular flexibility index (Phi) is 11.0. The molecule has 0 radical (unpaired) electrons. The standard InChI is InChI=1S/C80H52BN5O/c1-8-23-55(24-9-1)82(56-25-10-2-11-26-56)62-41-45-64-53(47-62)39-43-66-68-49-75-70(51-73(68)85(79(64)66)60-33-18-6-19-34-60)81-71-52-74-69(50-77(71)87-76-38-22-37-72(78(76)81)84(75)59-31-16-5-17-32-59)67-44-40-54-48-63(42-46-65(54)80(67)86(74)61-35-20-7-21-36-61)83(57-27-12-3-13-28-57)58-29-14-4-15-30-58/h1-52H. The van der Waals surface area contributed by atoms with Crippen LogP contribution in [0.4, 0.5) is 51.2 Å². The molecule has 0 atom stereocenters. The summed E-state index contributed by atoms with van der Waals surface area (Å²) in [6, 6.07) is 115. The minimum atomic E-state index is -0.185. The number of nitrogens with zero attached hydrogens (tertiary/aromatic N) is 5. The second kappa shape index (κ2) is 19.5. The van der Waals surface area contributed by atoms with Crippen LogP contribution in [-0.2, 0) is 0 Å². The van der Waals surface area contributed by atoms with Gasteiger partial charge in [0, 0.05) is 94.9 Å². The Bertz CT molecular complexity index is 5290. The van der Waals surface area contributed by atoms with Gasteiger partial charge < -0.3 is 28.6 Å². The molecule has 406 valence electrons. The molecule has 0 fully saturated rings. The number of fused-ring (bicyclic) bond motifs is 14. The fourth-order valence-corrected chi connectivity index (χ4v) is 14.3. The average molecular weight is 1110 g/mol. The summed E-state index contributed by atoms with van der Waals surface area (Å²) in [5, 5.41) is 9.37. The van der Waals surface area contributed by atoms with Crippen LogP contribution < -0.4 is 35.8 Å². The van der Waals surface area contributed by atoms with Crippen LogP contribution in [0.5, 0.6) is 11.5 Å². The number of benzene rings is 14.